The first-order valence-electron chi connectivity index (χ1n) is 6.14. The fourth-order valence-electron chi connectivity index (χ4n) is 1.82. The van der Waals surface area contributed by atoms with E-state index in [0.717, 1.165) is 9.26 Å². The topological polar surface area (TPSA) is 81.3 Å². The van der Waals surface area contributed by atoms with Crippen molar-refractivity contribution in [2.45, 2.75) is 19.8 Å². The minimum absolute atomic E-state index is 0.0526. The number of rotatable bonds is 3. The van der Waals surface area contributed by atoms with Gasteiger partial charge in [-0.15, -0.1) is 0 Å². The molecular formula is C14H16IN3O2. The van der Waals surface area contributed by atoms with Crippen LogP contribution >= 0.6 is 22.6 Å². The number of nitrogen functional groups attached to an aromatic ring is 1. The van der Waals surface area contributed by atoms with Crippen LogP contribution in [-0.2, 0) is 0 Å². The van der Waals surface area contributed by atoms with E-state index in [0.29, 0.717) is 23.0 Å². The highest BCUT2D eigenvalue weighted by atomic mass is 127. The van der Waals surface area contributed by atoms with Crippen molar-refractivity contribution < 1.29 is 9.84 Å². The number of hydrogen-bond donors (Lipinski definition) is 2. The van der Waals surface area contributed by atoms with Crippen LogP contribution in [-0.4, -0.2) is 22.2 Å². The fraction of sp³-hybridized carbons (Fsp3) is 0.286. The van der Waals surface area contributed by atoms with Crippen LogP contribution in [0.5, 0.6) is 11.5 Å². The van der Waals surface area contributed by atoms with Crippen LogP contribution in [0.4, 0.5) is 5.82 Å². The molecule has 0 saturated heterocycles. The van der Waals surface area contributed by atoms with E-state index in [2.05, 4.69) is 46.4 Å². The first-order chi connectivity index (χ1) is 9.43. The van der Waals surface area contributed by atoms with Gasteiger partial charge in [0.05, 0.1) is 16.4 Å². The van der Waals surface area contributed by atoms with Crippen LogP contribution in [0.2, 0.25) is 0 Å². The van der Waals surface area contributed by atoms with Crippen LogP contribution in [0.3, 0.4) is 0 Å². The SMILES string of the molecule is COc1ccc(-c2nc(N)c(I)c(C(C)C)n2)cc1O. The van der Waals surface area contributed by atoms with Gasteiger partial charge >= 0.3 is 0 Å². The number of hydrogen-bond acceptors (Lipinski definition) is 5. The van der Waals surface area contributed by atoms with E-state index < -0.39 is 0 Å². The van der Waals surface area contributed by atoms with Crippen LogP contribution in [0.25, 0.3) is 11.4 Å². The summed E-state index contributed by atoms with van der Waals surface area (Å²) in [5, 5.41) is 9.84. The Morgan fingerprint density at radius 1 is 1.30 bits per heavy atom. The molecule has 0 radical (unpaired) electrons. The molecule has 2 rings (SSSR count). The molecule has 0 saturated carbocycles. The second kappa shape index (κ2) is 5.82. The zero-order chi connectivity index (χ0) is 14.9. The number of phenolic OH excluding ortho intramolecular Hbond substituents is 1. The summed E-state index contributed by atoms with van der Waals surface area (Å²) in [4.78, 5) is 8.84. The molecule has 2 aromatic rings. The predicted molar refractivity (Wildman–Crippen MR) is 86.9 cm³/mol. The first kappa shape index (κ1) is 14.8. The molecule has 3 N–H and O–H groups in total. The van der Waals surface area contributed by atoms with Gasteiger partial charge in [-0.1, -0.05) is 13.8 Å². The number of phenols is 1. The number of nitrogens with two attached hydrogens (primary N) is 1. The molecule has 20 heavy (non-hydrogen) atoms. The summed E-state index contributed by atoms with van der Waals surface area (Å²) in [7, 11) is 1.50. The molecule has 1 aromatic carbocycles. The van der Waals surface area contributed by atoms with Gasteiger partial charge in [0.1, 0.15) is 5.82 Å². The summed E-state index contributed by atoms with van der Waals surface area (Å²) in [6.07, 6.45) is 0. The third kappa shape index (κ3) is 2.79. The Labute approximate surface area is 131 Å². The van der Waals surface area contributed by atoms with Crippen molar-refractivity contribution in [3.8, 4) is 22.9 Å². The maximum Gasteiger partial charge on any atom is 0.161 e. The van der Waals surface area contributed by atoms with Crippen molar-refractivity contribution in [3.63, 3.8) is 0 Å². The highest BCUT2D eigenvalue weighted by Crippen LogP contribution is 2.32. The Morgan fingerprint density at radius 3 is 2.55 bits per heavy atom. The van der Waals surface area contributed by atoms with Crippen LogP contribution in [0, 0.1) is 3.57 Å². The molecule has 5 nitrogen and oxygen atoms in total. The minimum atomic E-state index is 0.0526. The van der Waals surface area contributed by atoms with Crippen molar-refractivity contribution in [1.29, 1.82) is 0 Å². The predicted octanol–water partition coefficient (Wildman–Crippen LogP) is 3.17. The lowest BCUT2D eigenvalue weighted by atomic mass is 10.1. The number of anilines is 1. The van der Waals surface area contributed by atoms with E-state index >= 15 is 0 Å². The lowest BCUT2D eigenvalue weighted by molar-refractivity contribution is 0.373. The zero-order valence-corrected chi connectivity index (χ0v) is 13.7. The summed E-state index contributed by atoms with van der Waals surface area (Å²) in [6.45, 7) is 4.11. The Morgan fingerprint density at radius 2 is 2.00 bits per heavy atom. The third-order valence-corrected chi connectivity index (χ3v) is 3.99. The molecule has 1 aromatic heterocycles. The highest BCUT2D eigenvalue weighted by Gasteiger charge is 2.15. The maximum atomic E-state index is 9.84. The number of methoxy groups -OCH3 is 1. The number of ether oxygens (including phenoxy) is 1. The van der Waals surface area contributed by atoms with E-state index in [-0.39, 0.29) is 11.7 Å². The van der Waals surface area contributed by atoms with Gasteiger partial charge in [-0.3, -0.25) is 0 Å². The minimum Gasteiger partial charge on any atom is -0.504 e. The van der Waals surface area contributed by atoms with Gasteiger partial charge in [-0.05, 0) is 46.7 Å². The van der Waals surface area contributed by atoms with E-state index in [1.807, 2.05) is 0 Å². The second-order valence-corrected chi connectivity index (χ2v) is 5.75. The largest absolute Gasteiger partial charge is 0.504 e. The van der Waals surface area contributed by atoms with Crippen molar-refractivity contribution in [3.05, 3.63) is 27.5 Å². The monoisotopic (exact) mass is 385 g/mol. The maximum absolute atomic E-state index is 9.84. The molecule has 0 bridgehead atoms. The molecule has 0 fully saturated rings. The van der Waals surface area contributed by atoms with Gasteiger partial charge in [-0.25, -0.2) is 9.97 Å². The Balaban J connectivity index is 2.55. The Bertz CT molecular complexity index is 645. The average molecular weight is 385 g/mol. The standard InChI is InChI=1S/C14H16IN3O2/c1-7(2)12-11(15)13(16)18-14(17-12)8-4-5-10(20-3)9(19)6-8/h4-7,19H,1-3H3,(H2,16,17,18). The van der Waals surface area contributed by atoms with Gasteiger partial charge in [0.25, 0.3) is 0 Å². The molecule has 0 aliphatic carbocycles. The van der Waals surface area contributed by atoms with Crippen molar-refractivity contribution in [2.24, 2.45) is 0 Å². The van der Waals surface area contributed by atoms with Gasteiger partial charge in [0, 0.05) is 5.56 Å². The van der Waals surface area contributed by atoms with Gasteiger partial charge < -0.3 is 15.6 Å². The van der Waals surface area contributed by atoms with Crippen LogP contribution in [0.15, 0.2) is 18.2 Å². The summed E-state index contributed by atoms with van der Waals surface area (Å²) < 4.78 is 5.90. The van der Waals surface area contributed by atoms with Crippen molar-refractivity contribution in [1.82, 2.24) is 9.97 Å². The zero-order valence-electron chi connectivity index (χ0n) is 11.5. The quantitative estimate of drug-likeness (QED) is 0.794. The smallest absolute Gasteiger partial charge is 0.161 e. The van der Waals surface area contributed by atoms with Gasteiger partial charge in [0.15, 0.2) is 17.3 Å². The third-order valence-electron chi connectivity index (χ3n) is 2.89. The molecule has 0 spiro atoms. The van der Waals surface area contributed by atoms with Gasteiger partial charge in [-0.2, -0.15) is 0 Å². The molecule has 106 valence electrons. The number of halogens is 1. The lowest BCUT2D eigenvalue weighted by Crippen LogP contribution is -2.06. The summed E-state index contributed by atoms with van der Waals surface area (Å²) >= 11 is 2.15. The van der Waals surface area contributed by atoms with E-state index in [4.69, 9.17) is 10.5 Å². The molecule has 6 heteroatoms. The van der Waals surface area contributed by atoms with Crippen molar-refractivity contribution >= 4 is 28.4 Å². The highest BCUT2D eigenvalue weighted by molar-refractivity contribution is 14.1. The Hall–Kier alpha value is -1.57. The first-order valence-corrected chi connectivity index (χ1v) is 7.22. The van der Waals surface area contributed by atoms with E-state index in [1.165, 1.54) is 7.11 Å². The molecule has 0 aliphatic rings. The number of nitrogens with zero attached hydrogens (tertiary/aromatic N) is 2. The number of aromatic hydroxyl groups is 1. The lowest BCUT2D eigenvalue weighted by Gasteiger charge is -2.12. The summed E-state index contributed by atoms with van der Waals surface area (Å²) in [5.41, 5.74) is 7.55. The van der Waals surface area contributed by atoms with Gasteiger partial charge in [0.2, 0.25) is 0 Å². The molecule has 1 heterocycles. The molecule has 0 unspecified atom stereocenters. The molecular weight excluding hydrogens is 369 g/mol. The number of benzene rings is 1. The second-order valence-electron chi connectivity index (χ2n) is 4.67. The Kier molecular flexibility index (Phi) is 4.32. The fourth-order valence-corrected chi connectivity index (χ4v) is 2.69. The van der Waals surface area contributed by atoms with Crippen LogP contribution < -0.4 is 10.5 Å². The normalized spacial score (nSPS) is 10.8. The molecule has 0 aliphatic heterocycles. The van der Waals surface area contributed by atoms with Crippen LogP contribution in [0.1, 0.15) is 25.5 Å². The molecule has 0 amide bonds. The number of aromatic nitrogens is 2. The van der Waals surface area contributed by atoms with E-state index in [1.54, 1.807) is 18.2 Å². The summed E-state index contributed by atoms with van der Waals surface area (Å²) in [6, 6.07) is 5.05. The average Bonchev–Trinajstić information content (AvgIpc) is 2.41. The summed E-state index contributed by atoms with van der Waals surface area (Å²) in [5.74, 6) is 1.67. The van der Waals surface area contributed by atoms with E-state index in [9.17, 15) is 5.11 Å². The molecule has 0 atom stereocenters. The van der Waals surface area contributed by atoms with Crippen molar-refractivity contribution in [2.75, 3.05) is 12.8 Å².